The van der Waals surface area contributed by atoms with Gasteiger partial charge in [-0.15, -0.1) is 0 Å². The number of anilines is 1. The molecule has 0 spiro atoms. The van der Waals surface area contributed by atoms with Crippen LogP contribution in [0.25, 0.3) is 0 Å². The van der Waals surface area contributed by atoms with Crippen LogP contribution in [0.2, 0.25) is 0 Å². The molecule has 9 nitrogen and oxygen atoms in total. The number of methoxy groups -OCH3 is 2. The molecule has 2 aromatic carbocycles. The number of carbonyl (C=O) groups is 2. The lowest BCUT2D eigenvalue weighted by molar-refractivity contribution is -0.139. The zero-order valence-electron chi connectivity index (χ0n) is 22.9. The first-order valence-electron chi connectivity index (χ1n) is 12.9. The molecule has 0 aromatic heterocycles. The zero-order valence-corrected chi connectivity index (χ0v) is 23.7. The van der Waals surface area contributed by atoms with E-state index in [2.05, 4.69) is 5.32 Å². The van der Waals surface area contributed by atoms with Crippen LogP contribution in [-0.4, -0.2) is 64.2 Å². The summed E-state index contributed by atoms with van der Waals surface area (Å²) in [6.45, 7) is 3.31. The van der Waals surface area contributed by atoms with Crippen molar-refractivity contribution in [3.63, 3.8) is 0 Å². The molecule has 0 saturated heterocycles. The van der Waals surface area contributed by atoms with Crippen LogP contribution in [0.15, 0.2) is 42.5 Å². The van der Waals surface area contributed by atoms with Crippen LogP contribution in [0.1, 0.15) is 50.2 Å². The SMILES string of the molecule is COc1ccc(N(CC(=O)N(Cc2cccc(C)c2)[C@@H](C)C(=O)NC2CCCCC2)S(C)(=O)=O)c(OC)c1. The van der Waals surface area contributed by atoms with E-state index in [1.807, 2.05) is 31.2 Å². The van der Waals surface area contributed by atoms with Crippen molar-refractivity contribution >= 4 is 27.5 Å². The number of nitrogens with one attached hydrogen (secondary N) is 1. The molecule has 1 atom stereocenters. The molecule has 1 N–H and O–H groups in total. The number of carbonyl (C=O) groups excluding carboxylic acids is 2. The highest BCUT2D eigenvalue weighted by atomic mass is 32.2. The van der Waals surface area contributed by atoms with Crippen LogP contribution in [-0.2, 0) is 26.2 Å². The average molecular weight is 546 g/mol. The number of amides is 2. The van der Waals surface area contributed by atoms with Gasteiger partial charge in [-0.25, -0.2) is 8.42 Å². The highest BCUT2D eigenvalue weighted by Crippen LogP contribution is 2.33. The van der Waals surface area contributed by atoms with E-state index in [0.717, 1.165) is 53.8 Å². The number of benzene rings is 2. The number of hydrogen-bond acceptors (Lipinski definition) is 6. The largest absolute Gasteiger partial charge is 0.497 e. The summed E-state index contributed by atoms with van der Waals surface area (Å²) in [6.07, 6.45) is 6.17. The van der Waals surface area contributed by atoms with Gasteiger partial charge in [0.2, 0.25) is 21.8 Å². The molecular weight excluding hydrogens is 506 g/mol. The Labute approximate surface area is 226 Å². The van der Waals surface area contributed by atoms with Crippen LogP contribution in [0.5, 0.6) is 11.5 Å². The molecule has 10 heteroatoms. The minimum atomic E-state index is -3.88. The van der Waals surface area contributed by atoms with Gasteiger partial charge in [0, 0.05) is 18.7 Å². The van der Waals surface area contributed by atoms with E-state index in [0.29, 0.717) is 5.75 Å². The van der Waals surface area contributed by atoms with E-state index in [1.165, 1.54) is 25.2 Å². The molecule has 0 bridgehead atoms. The van der Waals surface area contributed by atoms with Crippen molar-refractivity contribution in [1.29, 1.82) is 0 Å². The van der Waals surface area contributed by atoms with Gasteiger partial charge in [0.15, 0.2) is 0 Å². The Hall–Kier alpha value is -3.27. The summed E-state index contributed by atoms with van der Waals surface area (Å²) in [5.41, 5.74) is 2.08. The van der Waals surface area contributed by atoms with Crippen LogP contribution in [0, 0.1) is 6.92 Å². The van der Waals surface area contributed by atoms with Crippen molar-refractivity contribution in [2.45, 2.75) is 64.6 Å². The number of aryl methyl sites for hydroxylation is 1. The molecule has 0 heterocycles. The van der Waals surface area contributed by atoms with E-state index in [-0.39, 0.29) is 29.9 Å². The first kappa shape index (κ1) is 29.3. The molecule has 0 unspecified atom stereocenters. The third-order valence-corrected chi connectivity index (χ3v) is 8.02. The maximum Gasteiger partial charge on any atom is 0.244 e. The second kappa shape index (κ2) is 13.0. The van der Waals surface area contributed by atoms with E-state index in [9.17, 15) is 18.0 Å². The Morgan fingerprint density at radius 2 is 1.76 bits per heavy atom. The molecule has 2 amide bonds. The van der Waals surface area contributed by atoms with Gasteiger partial charge >= 0.3 is 0 Å². The third kappa shape index (κ3) is 7.63. The highest BCUT2D eigenvalue weighted by molar-refractivity contribution is 7.92. The van der Waals surface area contributed by atoms with Gasteiger partial charge in [0.05, 0.1) is 26.2 Å². The fourth-order valence-electron chi connectivity index (χ4n) is 4.74. The zero-order chi connectivity index (χ0) is 27.9. The summed E-state index contributed by atoms with van der Waals surface area (Å²) in [4.78, 5) is 28.5. The van der Waals surface area contributed by atoms with E-state index >= 15 is 0 Å². The van der Waals surface area contributed by atoms with Gasteiger partial charge in [-0.3, -0.25) is 13.9 Å². The van der Waals surface area contributed by atoms with Crippen LogP contribution >= 0.6 is 0 Å². The number of rotatable bonds is 11. The van der Waals surface area contributed by atoms with Gasteiger partial charge in [-0.1, -0.05) is 49.1 Å². The Kier molecular flexibility index (Phi) is 10.0. The summed E-state index contributed by atoms with van der Waals surface area (Å²) in [5, 5.41) is 3.10. The summed E-state index contributed by atoms with van der Waals surface area (Å²) < 4.78 is 37.4. The van der Waals surface area contributed by atoms with E-state index < -0.39 is 28.5 Å². The molecule has 1 aliphatic carbocycles. The monoisotopic (exact) mass is 545 g/mol. The number of ether oxygens (including phenoxy) is 2. The van der Waals surface area contributed by atoms with E-state index in [1.54, 1.807) is 19.1 Å². The Balaban J connectivity index is 1.92. The number of sulfonamides is 1. The highest BCUT2D eigenvalue weighted by Gasteiger charge is 2.32. The fraction of sp³-hybridized carbons (Fsp3) is 0.500. The fourth-order valence-corrected chi connectivity index (χ4v) is 5.60. The topological polar surface area (TPSA) is 105 Å². The molecular formula is C28H39N3O6S. The Morgan fingerprint density at radius 3 is 2.37 bits per heavy atom. The number of nitrogens with zero attached hydrogens (tertiary/aromatic N) is 2. The van der Waals surface area contributed by atoms with Crippen molar-refractivity contribution in [3.05, 3.63) is 53.6 Å². The molecule has 38 heavy (non-hydrogen) atoms. The quantitative estimate of drug-likeness (QED) is 0.462. The maximum atomic E-state index is 13.8. The summed E-state index contributed by atoms with van der Waals surface area (Å²) in [5.74, 6) is -0.0118. The van der Waals surface area contributed by atoms with Gasteiger partial charge < -0.3 is 19.7 Å². The summed E-state index contributed by atoms with van der Waals surface area (Å²) in [6, 6.07) is 11.7. The number of hydrogen-bond donors (Lipinski definition) is 1. The maximum absolute atomic E-state index is 13.8. The Bertz CT molecular complexity index is 1230. The van der Waals surface area contributed by atoms with Gasteiger partial charge in [-0.2, -0.15) is 0 Å². The Morgan fingerprint density at radius 1 is 1.05 bits per heavy atom. The van der Waals surface area contributed by atoms with Crippen LogP contribution in [0.3, 0.4) is 0 Å². The average Bonchev–Trinajstić information content (AvgIpc) is 2.89. The molecule has 1 aliphatic rings. The second-order valence-electron chi connectivity index (χ2n) is 9.84. The first-order valence-corrected chi connectivity index (χ1v) is 14.7. The first-order chi connectivity index (χ1) is 18.0. The summed E-state index contributed by atoms with van der Waals surface area (Å²) in [7, 11) is -0.968. The van der Waals surface area contributed by atoms with Crippen LogP contribution in [0.4, 0.5) is 5.69 Å². The van der Waals surface area contributed by atoms with Crippen molar-refractivity contribution < 1.29 is 27.5 Å². The van der Waals surface area contributed by atoms with Crippen molar-refractivity contribution in [2.75, 3.05) is 31.3 Å². The molecule has 2 aromatic rings. The minimum absolute atomic E-state index is 0.0886. The van der Waals surface area contributed by atoms with Crippen LogP contribution < -0.4 is 19.1 Å². The van der Waals surface area contributed by atoms with Crippen molar-refractivity contribution in [1.82, 2.24) is 10.2 Å². The third-order valence-electron chi connectivity index (χ3n) is 6.89. The normalized spacial score (nSPS) is 14.9. The summed E-state index contributed by atoms with van der Waals surface area (Å²) >= 11 is 0. The lowest BCUT2D eigenvalue weighted by Gasteiger charge is -2.33. The van der Waals surface area contributed by atoms with Gasteiger partial charge in [-0.05, 0) is 44.4 Å². The molecule has 208 valence electrons. The standard InChI is InChI=1S/C28H39N3O6S/c1-20-10-9-11-22(16-20)18-30(21(2)28(33)29-23-12-7-6-8-13-23)27(32)19-31(38(5,34)35)25-15-14-24(36-3)17-26(25)37-4/h9-11,14-17,21,23H,6-8,12-13,18-19H2,1-5H3,(H,29,33)/t21-/m0/s1. The van der Waals surface area contributed by atoms with Crippen molar-refractivity contribution in [3.8, 4) is 11.5 Å². The molecule has 0 radical (unpaired) electrons. The minimum Gasteiger partial charge on any atom is -0.497 e. The predicted molar refractivity (Wildman–Crippen MR) is 148 cm³/mol. The van der Waals surface area contributed by atoms with Gasteiger partial charge in [0.25, 0.3) is 0 Å². The molecule has 1 saturated carbocycles. The molecule has 0 aliphatic heterocycles. The van der Waals surface area contributed by atoms with E-state index in [4.69, 9.17) is 9.47 Å². The molecule has 3 rings (SSSR count). The molecule has 1 fully saturated rings. The lowest BCUT2D eigenvalue weighted by Crippen LogP contribution is -2.53. The van der Waals surface area contributed by atoms with Crippen molar-refractivity contribution in [2.24, 2.45) is 0 Å². The predicted octanol–water partition coefficient (Wildman–Crippen LogP) is 3.64. The second-order valence-corrected chi connectivity index (χ2v) is 11.7. The smallest absolute Gasteiger partial charge is 0.244 e. The van der Waals surface area contributed by atoms with Gasteiger partial charge in [0.1, 0.15) is 24.1 Å². The lowest BCUT2D eigenvalue weighted by atomic mass is 9.95.